The highest BCUT2D eigenvalue weighted by atomic mass is 32.1. The maximum atomic E-state index is 13.5. The number of hydrogen-bond donors (Lipinski definition) is 1. The van der Waals surface area contributed by atoms with Crippen LogP contribution in [0.1, 0.15) is 29.9 Å². The van der Waals surface area contributed by atoms with E-state index in [1.54, 1.807) is 35.3 Å². The van der Waals surface area contributed by atoms with Gasteiger partial charge in [-0.1, -0.05) is 66.7 Å². The molecule has 2 aromatic carbocycles. The zero-order valence-electron chi connectivity index (χ0n) is 18.7. The van der Waals surface area contributed by atoms with Gasteiger partial charge in [-0.3, -0.25) is 14.5 Å². The number of thiophene rings is 1. The molecule has 33 heavy (non-hydrogen) atoms. The van der Waals surface area contributed by atoms with Crippen LogP contribution in [0.4, 0.5) is 4.79 Å². The van der Waals surface area contributed by atoms with Crippen LogP contribution in [0.15, 0.2) is 78.2 Å². The molecule has 170 valence electrons. The number of imide groups is 1. The number of hydrogen-bond acceptors (Lipinski definition) is 4. The van der Waals surface area contributed by atoms with Crippen molar-refractivity contribution in [2.75, 3.05) is 6.54 Å². The largest absolute Gasteiger partial charge is 0.334 e. The first kappa shape index (κ1) is 22.7. The Morgan fingerprint density at radius 1 is 1.03 bits per heavy atom. The van der Waals surface area contributed by atoms with E-state index < -0.39 is 17.5 Å². The molecule has 0 aliphatic carbocycles. The summed E-state index contributed by atoms with van der Waals surface area (Å²) in [5.74, 6) is -0.679. The highest BCUT2D eigenvalue weighted by molar-refractivity contribution is 7.09. The van der Waals surface area contributed by atoms with Crippen LogP contribution in [0.5, 0.6) is 0 Å². The van der Waals surface area contributed by atoms with Gasteiger partial charge in [0.05, 0.1) is 0 Å². The number of nitrogens with zero attached hydrogens (tertiary/aromatic N) is 2. The normalized spacial score (nSPS) is 18.8. The first-order valence-electron chi connectivity index (χ1n) is 10.9. The summed E-state index contributed by atoms with van der Waals surface area (Å²) in [5, 5.41) is 4.79. The van der Waals surface area contributed by atoms with Crippen molar-refractivity contribution in [3.8, 4) is 0 Å². The molecule has 1 saturated heterocycles. The van der Waals surface area contributed by atoms with Crippen molar-refractivity contribution < 1.29 is 14.4 Å². The van der Waals surface area contributed by atoms with Crippen LogP contribution < -0.4 is 5.32 Å². The average Bonchev–Trinajstić information content (AvgIpc) is 3.41. The van der Waals surface area contributed by atoms with Gasteiger partial charge in [0.2, 0.25) is 5.91 Å². The van der Waals surface area contributed by atoms with Crippen LogP contribution in [0.2, 0.25) is 0 Å². The molecular weight excluding hydrogens is 434 g/mol. The summed E-state index contributed by atoms with van der Waals surface area (Å²) in [6.07, 6.45) is 0.706. The van der Waals surface area contributed by atoms with Gasteiger partial charge >= 0.3 is 6.03 Å². The monoisotopic (exact) mass is 461 g/mol. The van der Waals surface area contributed by atoms with Crippen molar-refractivity contribution in [3.05, 3.63) is 94.2 Å². The quantitative estimate of drug-likeness (QED) is 0.512. The van der Waals surface area contributed by atoms with Gasteiger partial charge in [0.15, 0.2) is 0 Å². The van der Waals surface area contributed by atoms with Gasteiger partial charge in [0, 0.05) is 23.9 Å². The first-order chi connectivity index (χ1) is 15.9. The molecule has 3 aromatic rings. The van der Waals surface area contributed by atoms with Crippen molar-refractivity contribution in [1.29, 1.82) is 0 Å². The predicted octanol–water partition coefficient (Wildman–Crippen LogP) is 4.18. The number of rotatable bonds is 8. The summed E-state index contributed by atoms with van der Waals surface area (Å²) >= 11 is 1.65. The Bertz CT molecular complexity index is 1120. The molecule has 4 amide bonds. The molecule has 4 rings (SSSR count). The summed E-state index contributed by atoms with van der Waals surface area (Å²) in [6, 6.07) is 22.2. The van der Waals surface area contributed by atoms with Gasteiger partial charge < -0.3 is 10.2 Å². The minimum atomic E-state index is -1.19. The van der Waals surface area contributed by atoms with Crippen LogP contribution in [0.25, 0.3) is 0 Å². The molecule has 0 bridgehead atoms. The van der Waals surface area contributed by atoms with E-state index in [2.05, 4.69) is 11.4 Å². The van der Waals surface area contributed by atoms with Crippen LogP contribution in [0.3, 0.4) is 0 Å². The van der Waals surface area contributed by atoms with Gasteiger partial charge in [0.25, 0.3) is 5.91 Å². The molecular formula is C26H27N3O3S. The molecule has 7 heteroatoms. The Hall–Kier alpha value is -3.45. The summed E-state index contributed by atoms with van der Waals surface area (Å²) in [5.41, 5.74) is 0.492. The third-order valence-electron chi connectivity index (χ3n) is 6.04. The number of carbonyl (C=O) groups is 3. The van der Waals surface area contributed by atoms with Crippen molar-refractivity contribution >= 4 is 29.2 Å². The van der Waals surface area contributed by atoms with Crippen LogP contribution in [-0.2, 0) is 28.1 Å². The third-order valence-corrected chi connectivity index (χ3v) is 6.94. The lowest BCUT2D eigenvalue weighted by atomic mass is 9.92. The van der Waals surface area contributed by atoms with E-state index in [9.17, 15) is 14.4 Å². The lowest BCUT2D eigenvalue weighted by Gasteiger charge is -2.31. The third kappa shape index (κ3) is 4.83. The molecule has 1 fully saturated rings. The van der Waals surface area contributed by atoms with Crippen LogP contribution in [0, 0.1) is 0 Å². The second-order valence-corrected chi connectivity index (χ2v) is 9.48. The SMILES string of the molecule is C[C@@H](Cc1cccs1)N(Cc1ccccc1)C(=O)CN1C(=O)N[C@@](C)(c2ccccc2)C1=O. The van der Waals surface area contributed by atoms with Crippen molar-refractivity contribution in [2.24, 2.45) is 0 Å². The topological polar surface area (TPSA) is 69.7 Å². The van der Waals surface area contributed by atoms with Crippen molar-refractivity contribution in [3.63, 3.8) is 0 Å². The average molecular weight is 462 g/mol. The second kappa shape index (κ2) is 9.58. The molecule has 2 atom stereocenters. The first-order valence-corrected chi connectivity index (χ1v) is 11.8. The van der Waals surface area contributed by atoms with Gasteiger partial charge in [-0.2, -0.15) is 0 Å². The van der Waals surface area contributed by atoms with Gasteiger partial charge in [-0.15, -0.1) is 11.3 Å². The Balaban J connectivity index is 1.54. The fourth-order valence-corrected chi connectivity index (χ4v) is 4.96. The molecule has 0 unspecified atom stereocenters. The Morgan fingerprint density at radius 3 is 2.33 bits per heavy atom. The van der Waals surface area contributed by atoms with E-state index in [-0.39, 0.29) is 18.5 Å². The second-order valence-electron chi connectivity index (χ2n) is 8.45. The lowest BCUT2D eigenvalue weighted by molar-refractivity contribution is -0.140. The smallest absolute Gasteiger partial charge is 0.325 e. The summed E-state index contributed by atoms with van der Waals surface area (Å²) in [4.78, 5) is 43.4. The highest BCUT2D eigenvalue weighted by Gasteiger charge is 2.49. The zero-order chi connectivity index (χ0) is 23.4. The molecule has 0 spiro atoms. The number of urea groups is 1. The van der Waals surface area contributed by atoms with Crippen LogP contribution in [-0.4, -0.2) is 40.2 Å². The van der Waals surface area contributed by atoms with E-state index in [0.717, 1.165) is 10.5 Å². The molecule has 2 heterocycles. The molecule has 1 aliphatic rings. The molecule has 1 N–H and O–H groups in total. The number of benzene rings is 2. The fourth-order valence-electron chi connectivity index (χ4n) is 4.13. The minimum Gasteiger partial charge on any atom is -0.334 e. The summed E-state index contributed by atoms with van der Waals surface area (Å²) < 4.78 is 0. The predicted molar refractivity (Wildman–Crippen MR) is 129 cm³/mol. The Morgan fingerprint density at radius 2 is 1.70 bits per heavy atom. The van der Waals surface area contributed by atoms with Gasteiger partial charge in [-0.25, -0.2) is 4.79 Å². The minimum absolute atomic E-state index is 0.0994. The number of nitrogens with one attached hydrogen (secondary N) is 1. The fraction of sp³-hybridized carbons (Fsp3) is 0.269. The van der Waals surface area contributed by atoms with E-state index in [0.29, 0.717) is 18.5 Å². The van der Waals surface area contributed by atoms with Gasteiger partial charge in [-0.05, 0) is 36.4 Å². The molecule has 0 saturated carbocycles. The summed E-state index contributed by atoms with van der Waals surface area (Å²) in [6.45, 7) is 3.79. The van der Waals surface area contributed by atoms with Crippen molar-refractivity contribution in [2.45, 2.75) is 38.4 Å². The maximum Gasteiger partial charge on any atom is 0.325 e. The standard InChI is InChI=1S/C26H27N3O3S/c1-19(16-22-14-9-15-33-22)28(17-20-10-5-3-6-11-20)23(30)18-29-24(31)26(2,27-25(29)32)21-12-7-4-8-13-21/h3-15,19H,16-18H2,1-2H3,(H,27,32)/t19-,26-/m0/s1. The number of amides is 4. The summed E-state index contributed by atoms with van der Waals surface area (Å²) in [7, 11) is 0. The molecule has 6 nitrogen and oxygen atoms in total. The van der Waals surface area contributed by atoms with E-state index in [4.69, 9.17) is 0 Å². The Labute approximate surface area is 197 Å². The van der Waals surface area contributed by atoms with Crippen molar-refractivity contribution in [1.82, 2.24) is 15.1 Å². The van der Waals surface area contributed by atoms with Gasteiger partial charge in [0.1, 0.15) is 12.1 Å². The van der Waals surface area contributed by atoms with E-state index in [1.165, 1.54) is 4.88 Å². The molecule has 1 aromatic heterocycles. The van der Waals surface area contributed by atoms with Crippen LogP contribution >= 0.6 is 11.3 Å². The molecule has 1 aliphatic heterocycles. The van der Waals surface area contributed by atoms with E-state index >= 15 is 0 Å². The lowest BCUT2D eigenvalue weighted by Crippen LogP contribution is -2.47. The maximum absolute atomic E-state index is 13.5. The molecule has 0 radical (unpaired) electrons. The Kier molecular flexibility index (Phi) is 6.60. The number of carbonyl (C=O) groups excluding carboxylic acids is 3. The highest BCUT2D eigenvalue weighted by Crippen LogP contribution is 2.29. The van der Waals surface area contributed by atoms with E-state index in [1.807, 2.05) is 66.9 Å². The zero-order valence-corrected chi connectivity index (χ0v) is 19.5.